The first-order chi connectivity index (χ1) is 10.7. The molecule has 0 aliphatic carbocycles. The Morgan fingerprint density at radius 1 is 0.913 bits per heavy atom. The maximum absolute atomic E-state index is 13.9. The van der Waals surface area contributed by atoms with E-state index in [0.717, 1.165) is 18.3 Å². The first kappa shape index (κ1) is 17.1. The molecular formula is C16H12F5NO. The Hall–Kier alpha value is -2.28. The first-order valence-electron chi connectivity index (χ1n) is 6.50. The van der Waals surface area contributed by atoms with Gasteiger partial charge in [0.15, 0.2) is 5.60 Å². The standard InChI is InChI=1S/C16H12F5NO/c17-15(18,16(19,20)21)14(23,13-7-4-10-22-11-13)9-8-12-5-2-1-3-6-12/h1-11,23H/b9-8+. The largest absolute Gasteiger partial charge is 0.457 e. The van der Waals surface area contributed by atoms with Crippen molar-refractivity contribution in [1.82, 2.24) is 4.98 Å². The van der Waals surface area contributed by atoms with Gasteiger partial charge in [0.1, 0.15) is 0 Å². The highest BCUT2D eigenvalue weighted by atomic mass is 19.4. The van der Waals surface area contributed by atoms with Crippen molar-refractivity contribution in [2.24, 2.45) is 0 Å². The second-order valence-corrected chi connectivity index (χ2v) is 4.82. The number of rotatable bonds is 4. The first-order valence-corrected chi connectivity index (χ1v) is 6.50. The van der Waals surface area contributed by atoms with Gasteiger partial charge in [0.05, 0.1) is 0 Å². The third kappa shape index (κ3) is 3.24. The predicted octanol–water partition coefficient (Wildman–Crippen LogP) is 4.18. The molecule has 1 atom stereocenters. The highest BCUT2D eigenvalue weighted by molar-refractivity contribution is 5.52. The van der Waals surface area contributed by atoms with Gasteiger partial charge < -0.3 is 5.11 Å². The fourth-order valence-electron chi connectivity index (χ4n) is 1.97. The van der Waals surface area contributed by atoms with E-state index in [-0.39, 0.29) is 0 Å². The molecule has 122 valence electrons. The van der Waals surface area contributed by atoms with Crippen molar-refractivity contribution >= 4 is 6.08 Å². The van der Waals surface area contributed by atoms with Crippen LogP contribution in [0.2, 0.25) is 0 Å². The van der Waals surface area contributed by atoms with Gasteiger partial charge in [0, 0.05) is 18.0 Å². The van der Waals surface area contributed by atoms with Gasteiger partial charge in [-0.1, -0.05) is 42.5 Å². The highest BCUT2D eigenvalue weighted by Crippen LogP contribution is 2.49. The minimum Gasteiger partial charge on any atom is -0.375 e. The Kier molecular flexibility index (Phi) is 4.51. The van der Waals surface area contributed by atoms with E-state index in [2.05, 4.69) is 4.98 Å². The zero-order valence-electron chi connectivity index (χ0n) is 11.6. The number of nitrogens with zero attached hydrogens (tertiary/aromatic N) is 1. The quantitative estimate of drug-likeness (QED) is 0.854. The Bertz CT molecular complexity index is 670. The summed E-state index contributed by atoms with van der Waals surface area (Å²) in [6.07, 6.45) is -2.51. The number of aromatic nitrogens is 1. The monoisotopic (exact) mass is 329 g/mol. The van der Waals surface area contributed by atoms with Crippen molar-refractivity contribution in [1.29, 1.82) is 0 Å². The minimum absolute atomic E-state index is 0.368. The van der Waals surface area contributed by atoms with Crippen molar-refractivity contribution in [2.75, 3.05) is 0 Å². The summed E-state index contributed by atoms with van der Waals surface area (Å²) in [6, 6.07) is 9.98. The zero-order valence-corrected chi connectivity index (χ0v) is 11.6. The lowest BCUT2D eigenvalue weighted by atomic mass is 9.86. The summed E-state index contributed by atoms with van der Waals surface area (Å²) in [6.45, 7) is 0. The molecule has 2 aromatic rings. The topological polar surface area (TPSA) is 33.1 Å². The summed E-state index contributed by atoms with van der Waals surface area (Å²) < 4.78 is 66.2. The summed E-state index contributed by atoms with van der Waals surface area (Å²) in [5, 5.41) is 10.2. The summed E-state index contributed by atoms with van der Waals surface area (Å²) in [5.74, 6) is -5.39. The van der Waals surface area contributed by atoms with Gasteiger partial charge in [-0.05, 0) is 17.7 Å². The van der Waals surface area contributed by atoms with Gasteiger partial charge in [-0.25, -0.2) is 0 Å². The zero-order chi connectivity index (χ0) is 17.1. The van der Waals surface area contributed by atoms with Crippen LogP contribution >= 0.6 is 0 Å². The number of benzene rings is 1. The normalized spacial score (nSPS) is 15.6. The molecule has 1 heterocycles. The maximum atomic E-state index is 13.9. The molecule has 0 bridgehead atoms. The molecule has 0 saturated heterocycles. The van der Waals surface area contributed by atoms with Gasteiger partial charge >= 0.3 is 12.1 Å². The molecule has 0 aliphatic rings. The maximum Gasteiger partial charge on any atom is 0.457 e. The van der Waals surface area contributed by atoms with Crippen molar-refractivity contribution in [2.45, 2.75) is 17.7 Å². The fourth-order valence-corrected chi connectivity index (χ4v) is 1.97. The summed E-state index contributed by atoms with van der Waals surface area (Å²) in [7, 11) is 0. The smallest absolute Gasteiger partial charge is 0.375 e. The molecule has 0 spiro atoms. The van der Waals surface area contributed by atoms with E-state index < -0.39 is 23.3 Å². The number of aliphatic hydroxyl groups is 1. The number of pyridine rings is 1. The van der Waals surface area contributed by atoms with E-state index >= 15 is 0 Å². The van der Waals surface area contributed by atoms with E-state index in [9.17, 15) is 27.1 Å². The minimum atomic E-state index is -5.93. The molecule has 0 radical (unpaired) electrons. The molecule has 1 aromatic carbocycles. The van der Waals surface area contributed by atoms with Gasteiger partial charge in [0.2, 0.25) is 0 Å². The molecule has 2 nitrogen and oxygen atoms in total. The van der Waals surface area contributed by atoms with Crippen LogP contribution in [-0.2, 0) is 5.60 Å². The molecule has 0 saturated carbocycles. The van der Waals surface area contributed by atoms with Crippen molar-refractivity contribution in [3.8, 4) is 0 Å². The van der Waals surface area contributed by atoms with Crippen LogP contribution in [0.5, 0.6) is 0 Å². The molecule has 23 heavy (non-hydrogen) atoms. The lowest BCUT2D eigenvalue weighted by Crippen LogP contribution is -2.54. The molecule has 2 rings (SSSR count). The van der Waals surface area contributed by atoms with Gasteiger partial charge in [-0.15, -0.1) is 0 Å². The van der Waals surface area contributed by atoms with Crippen LogP contribution in [-0.4, -0.2) is 22.2 Å². The van der Waals surface area contributed by atoms with Crippen LogP contribution in [0.15, 0.2) is 60.9 Å². The third-order valence-corrected chi connectivity index (χ3v) is 3.25. The lowest BCUT2D eigenvalue weighted by molar-refractivity contribution is -0.334. The lowest BCUT2D eigenvalue weighted by Gasteiger charge is -2.34. The molecule has 1 unspecified atom stereocenters. The molecule has 0 fully saturated rings. The van der Waals surface area contributed by atoms with Crippen LogP contribution in [0.4, 0.5) is 22.0 Å². The molecule has 1 N–H and O–H groups in total. The number of hydrogen-bond acceptors (Lipinski definition) is 2. The molecule has 0 amide bonds. The van der Waals surface area contributed by atoms with E-state index in [4.69, 9.17) is 0 Å². The Morgan fingerprint density at radius 2 is 1.57 bits per heavy atom. The summed E-state index contributed by atoms with van der Waals surface area (Å²) in [4.78, 5) is 3.51. The van der Waals surface area contributed by atoms with E-state index in [0.29, 0.717) is 11.6 Å². The van der Waals surface area contributed by atoms with Gasteiger partial charge in [0.25, 0.3) is 0 Å². The highest BCUT2D eigenvalue weighted by Gasteiger charge is 2.69. The van der Waals surface area contributed by atoms with Gasteiger partial charge in [-0.2, -0.15) is 22.0 Å². The SMILES string of the molecule is OC(/C=C/c1ccccc1)(c1cccnc1)C(F)(F)C(F)(F)F. The Labute approximate surface area is 128 Å². The van der Waals surface area contributed by atoms with Crippen molar-refractivity contribution in [3.05, 3.63) is 72.1 Å². The second-order valence-electron chi connectivity index (χ2n) is 4.82. The second kappa shape index (κ2) is 6.08. The molecular weight excluding hydrogens is 317 g/mol. The Balaban J connectivity index is 2.55. The van der Waals surface area contributed by atoms with E-state index in [1.54, 1.807) is 18.2 Å². The predicted molar refractivity (Wildman–Crippen MR) is 74.6 cm³/mol. The number of hydrogen-bond donors (Lipinski definition) is 1. The molecule has 7 heteroatoms. The average Bonchev–Trinajstić information content (AvgIpc) is 2.53. The van der Waals surface area contributed by atoms with Crippen LogP contribution in [0.1, 0.15) is 11.1 Å². The molecule has 0 aliphatic heterocycles. The van der Waals surface area contributed by atoms with Crippen LogP contribution in [0, 0.1) is 0 Å². The van der Waals surface area contributed by atoms with E-state index in [1.807, 2.05) is 0 Å². The molecule has 1 aromatic heterocycles. The van der Waals surface area contributed by atoms with E-state index in [1.165, 1.54) is 24.4 Å². The van der Waals surface area contributed by atoms with Gasteiger partial charge in [-0.3, -0.25) is 4.98 Å². The summed E-state index contributed by atoms with van der Waals surface area (Å²) >= 11 is 0. The van der Waals surface area contributed by atoms with Crippen molar-refractivity contribution < 1.29 is 27.1 Å². The van der Waals surface area contributed by atoms with Crippen molar-refractivity contribution in [3.63, 3.8) is 0 Å². The average molecular weight is 329 g/mol. The van der Waals surface area contributed by atoms with Crippen LogP contribution < -0.4 is 0 Å². The summed E-state index contributed by atoms with van der Waals surface area (Å²) in [5.41, 5.74) is -3.86. The van der Waals surface area contributed by atoms with Crippen LogP contribution in [0.25, 0.3) is 6.08 Å². The van der Waals surface area contributed by atoms with Crippen LogP contribution in [0.3, 0.4) is 0 Å². The number of halogens is 5. The third-order valence-electron chi connectivity index (χ3n) is 3.25. The Morgan fingerprint density at radius 3 is 2.09 bits per heavy atom. The number of alkyl halides is 5. The fraction of sp³-hybridized carbons (Fsp3) is 0.188.